The van der Waals surface area contributed by atoms with E-state index >= 15 is 0 Å². The molecule has 1 N–H and O–H groups in total. The molecule has 2 heterocycles. The van der Waals surface area contributed by atoms with Crippen molar-refractivity contribution >= 4 is 45.6 Å². The minimum atomic E-state index is -0.576. The van der Waals surface area contributed by atoms with E-state index in [1.54, 1.807) is 12.1 Å². The zero-order valence-electron chi connectivity index (χ0n) is 22.7. The number of carbonyl (C=O) groups excluding carboxylic acids is 2. The van der Waals surface area contributed by atoms with Gasteiger partial charge in [0.15, 0.2) is 23.9 Å². The van der Waals surface area contributed by atoms with Crippen molar-refractivity contribution in [2.75, 3.05) is 20.8 Å². The van der Waals surface area contributed by atoms with Crippen molar-refractivity contribution < 1.29 is 33.0 Å². The third kappa shape index (κ3) is 7.11. The molecule has 10 nitrogen and oxygen atoms in total. The summed E-state index contributed by atoms with van der Waals surface area (Å²) in [6, 6.07) is 16.7. The van der Waals surface area contributed by atoms with Gasteiger partial charge in [-0.1, -0.05) is 11.6 Å². The van der Waals surface area contributed by atoms with E-state index in [2.05, 4.69) is 61.7 Å². The molecule has 0 aliphatic rings. The molecule has 0 aliphatic heterocycles. The second kappa shape index (κ2) is 13.4. The molecule has 214 valence electrons. The lowest BCUT2D eigenvalue weighted by molar-refractivity contribution is -0.142. The Morgan fingerprint density at radius 3 is 2.41 bits per heavy atom. The lowest BCUT2D eigenvalue weighted by Crippen LogP contribution is -2.17. The Morgan fingerprint density at radius 2 is 1.76 bits per heavy atom. The summed E-state index contributed by atoms with van der Waals surface area (Å²) in [7, 11) is 2.67. The minimum Gasteiger partial charge on any atom is -0.493 e. The van der Waals surface area contributed by atoms with Gasteiger partial charge in [-0.25, -0.2) is 10.2 Å². The molecule has 0 spiro atoms. The molecule has 12 heteroatoms. The first-order valence-electron chi connectivity index (χ1n) is 12.3. The highest BCUT2D eigenvalue weighted by molar-refractivity contribution is 9.10. The Kier molecular flexibility index (Phi) is 9.74. The third-order valence-electron chi connectivity index (χ3n) is 5.94. The number of carbonyl (C=O) groups is 2. The number of hydrazone groups is 1. The first kappa shape index (κ1) is 29.8. The van der Waals surface area contributed by atoms with E-state index in [1.807, 2.05) is 24.3 Å². The predicted molar refractivity (Wildman–Crippen MR) is 157 cm³/mol. The van der Waals surface area contributed by atoms with Gasteiger partial charge in [0.2, 0.25) is 0 Å². The van der Waals surface area contributed by atoms with E-state index in [0.717, 1.165) is 17.1 Å². The lowest BCUT2D eigenvalue weighted by atomic mass is 10.2. The summed E-state index contributed by atoms with van der Waals surface area (Å²) in [5.74, 6) is 0.493. The summed E-state index contributed by atoms with van der Waals surface area (Å²) in [5, 5.41) is 4.13. The molecular weight excluding hydrogens is 618 g/mol. The Balaban J connectivity index is 1.34. The first-order valence-corrected chi connectivity index (χ1v) is 13.4. The van der Waals surface area contributed by atoms with Crippen LogP contribution in [0.2, 0.25) is 5.02 Å². The zero-order valence-corrected chi connectivity index (χ0v) is 25.0. The van der Waals surface area contributed by atoms with Crippen LogP contribution in [0.3, 0.4) is 0 Å². The third-order valence-corrected chi connectivity index (χ3v) is 7.38. The van der Waals surface area contributed by atoms with Gasteiger partial charge in [0.25, 0.3) is 0 Å². The smallest absolute Gasteiger partial charge is 0.343 e. The number of ether oxygens (including phenoxy) is 4. The molecule has 0 fully saturated rings. The fourth-order valence-electron chi connectivity index (χ4n) is 3.89. The Labute approximate surface area is 249 Å². The molecule has 0 aliphatic carbocycles. The quantitative estimate of drug-likeness (QED) is 0.121. The van der Waals surface area contributed by atoms with Crippen molar-refractivity contribution in [3.05, 3.63) is 92.6 Å². The minimum absolute atomic E-state index is 0.0656. The molecule has 2 aromatic carbocycles. The average molecular weight is 645 g/mol. The van der Waals surface area contributed by atoms with Gasteiger partial charge in [-0.3, -0.25) is 4.79 Å². The number of aromatic nitrogens is 1. The number of methoxy groups -OCH3 is 2. The van der Waals surface area contributed by atoms with Crippen LogP contribution in [0, 0.1) is 13.8 Å². The van der Waals surface area contributed by atoms with Crippen LogP contribution in [0.1, 0.15) is 33.3 Å². The molecular formula is C29H27BrClN3O7. The Hall–Kier alpha value is -4.22. The number of nitrogens with one attached hydrogen (secondary N) is 1. The van der Waals surface area contributed by atoms with Crippen LogP contribution < -0.4 is 19.6 Å². The van der Waals surface area contributed by atoms with Gasteiger partial charge in [0.1, 0.15) is 23.1 Å². The molecule has 0 unspecified atom stereocenters. The van der Waals surface area contributed by atoms with Crippen LogP contribution in [0.25, 0.3) is 5.69 Å². The highest BCUT2D eigenvalue weighted by atomic mass is 79.9. The van der Waals surface area contributed by atoms with E-state index in [-0.39, 0.29) is 35.5 Å². The van der Waals surface area contributed by atoms with Gasteiger partial charge in [-0.2, -0.15) is 5.10 Å². The van der Waals surface area contributed by atoms with Crippen molar-refractivity contribution in [1.29, 1.82) is 0 Å². The van der Waals surface area contributed by atoms with Gasteiger partial charge in [0.05, 0.1) is 20.4 Å². The standard InChI is InChI=1S/C29H27BrClN3O7/c1-17-5-6-18(2)34(17)20-7-9-21(10-8-20)39-15-22-11-12-23(41-22)29(36)33-32-14-19-13-24(37-3)28(27(31)26(19)30)40-16-25(35)38-4/h5-14H,15-16H2,1-4H3,(H,33,36)/b32-14+. The van der Waals surface area contributed by atoms with Crippen molar-refractivity contribution in [3.63, 3.8) is 0 Å². The molecule has 4 aromatic rings. The number of aryl methyl sites for hydroxylation is 2. The summed E-state index contributed by atoms with van der Waals surface area (Å²) in [6.07, 6.45) is 1.37. The van der Waals surface area contributed by atoms with Crippen LogP contribution in [-0.4, -0.2) is 43.5 Å². The van der Waals surface area contributed by atoms with E-state index < -0.39 is 11.9 Å². The van der Waals surface area contributed by atoms with Crippen molar-refractivity contribution in [2.45, 2.75) is 20.5 Å². The number of rotatable bonds is 11. The molecule has 0 atom stereocenters. The van der Waals surface area contributed by atoms with Crippen LogP contribution >= 0.6 is 27.5 Å². The maximum atomic E-state index is 12.5. The SMILES string of the molecule is COC(=O)COc1c(OC)cc(/C=N/NC(=O)c2ccc(COc3ccc(-n4c(C)ccc4C)cc3)o2)c(Br)c1Cl. The number of esters is 1. The van der Waals surface area contributed by atoms with Gasteiger partial charge >= 0.3 is 11.9 Å². The maximum Gasteiger partial charge on any atom is 0.343 e. The van der Waals surface area contributed by atoms with Crippen molar-refractivity contribution in [3.8, 4) is 22.9 Å². The highest BCUT2D eigenvalue weighted by Crippen LogP contribution is 2.42. The second-order valence-corrected chi connectivity index (χ2v) is 9.86. The van der Waals surface area contributed by atoms with Crippen molar-refractivity contribution in [2.24, 2.45) is 5.10 Å². The van der Waals surface area contributed by atoms with Crippen LogP contribution in [0.15, 0.2) is 68.6 Å². The second-order valence-electron chi connectivity index (χ2n) is 8.69. The van der Waals surface area contributed by atoms with E-state index in [1.165, 1.54) is 26.5 Å². The molecule has 2 aromatic heterocycles. The zero-order chi connectivity index (χ0) is 29.5. The predicted octanol–water partition coefficient (Wildman–Crippen LogP) is 6.01. The largest absolute Gasteiger partial charge is 0.493 e. The number of furan rings is 1. The molecule has 4 rings (SSSR count). The number of hydrogen-bond acceptors (Lipinski definition) is 8. The topological polar surface area (TPSA) is 114 Å². The van der Waals surface area contributed by atoms with E-state index in [0.29, 0.717) is 21.5 Å². The maximum absolute atomic E-state index is 12.5. The summed E-state index contributed by atoms with van der Waals surface area (Å²) < 4.78 is 29.3. The summed E-state index contributed by atoms with van der Waals surface area (Å²) >= 11 is 9.75. The molecule has 1 amide bonds. The van der Waals surface area contributed by atoms with Gasteiger partial charge in [-0.05, 0) is 84.4 Å². The molecule has 41 heavy (non-hydrogen) atoms. The molecule has 0 bridgehead atoms. The summed E-state index contributed by atoms with van der Waals surface area (Å²) in [4.78, 5) is 24.0. The van der Waals surface area contributed by atoms with Crippen molar-refractivity contribution in [1.82, 2.24) is 9.99 Å². The molecule has 0 saturated heterocycles. The van der Waals surface area contributed by atoms with E-state index in [9.17, 15) is 9.59 Å². The number of amides is 1. The van der Waals surface area contributed by atoms with Gasteiger partial charge < -0.3 is 27.9 Å². The number of benzene rings is 2. The average Bonchev–Trinajstić information content (AvgIpc) is 3.59. The first-order chi connectivity index (χ1) is 19.7. The van der Waals surface area contributed by atoms with Gasteiger partial charge in [0, 0.05) is 27.1 Å². The van der Waals surface area contributed by atoms with Crippen LogP contribution in [0.4, 0.5) is 0 Å². The summed E-state index contributed by atoms with van der Waals surface area (Å²) in [5.41, 5.74) is 6.24. The lowest BCUT2D eigenvalue weighted by Gasteiger charge is -2.14. The fraction of sp³-hybridized carbons (Fsp3) is 0.207. The summed E-state index contributed by atoms with van der Waals surface area (Å²) in [6.45, 7) is 3.91. The fourth-order valence-corrected chi connectivity index (χ4v) is 4.54. The number of hydrogen-bond donors (Lipinski definition) is 1. The van der Waals surface area contributed by atoms with E-state index in [4.69, 9.17) is 30.2 Å². The normalized spacial score (nSPS) is 11.0. The van der Waals surface area contributed by atoms with Gasteiger partial charge in [-0.15, -0.1) is 0 Å². The monoisotopic (exact) mass is 643 g/mol. The highest BCUT2D eigenvalue weighted by Gasteiger charge is 2.18. The van der Waals surface area contributed by atoms with Crippen LogP contribution in [0.5, 0.6) is 17.2 Å². The molecule has 0 radical (unpaired) electrons. The molecule has 0 saturated carbocycles. The number of nitrogens with zero attached hydrogens (tertiary/aromatic N) is 2. The van der Waals surface area contributed by atoms with Crippen LogP contribution in [-0.2, 0) is 16.1 Å². The number of halogens is 2. The Morgan fingerprint density at radius 1 is 1.05 bits per heavy atom. The Bertz CT molecular complexity index is 1560.